The van der Waals surface area contributed by atoms with E-state index in [-0.39, 0.29) is 13.2 Å². The summed E-state index contributed by atoms with van der Waals surface area (Å²) in [7, 11) is 1.52. The van der Waals surface area contributed by atoms with Crippen molar-refractivity contribution in [2.24, 2.45) is 0 Å². The normalized spacial score (nSPS) is 9.21. The fourth-order valence-electron chi connectivity index (χ4n) is 1.01. The number of ether oxygens (including phenoxy) is 2. The fraction of sp³-hybridized carbons (Fsp3) is 0.300. The van der Waals surface area contributed by atoms with Crippen LogP contribution in [0.1, 0.15) is 5.56 Å². The zero-order valence-corrected chi connectivity index (χ0v) is 7.86. The molecule has 0 aromatic heterocycles. The van der Waals surface area contributed by atoms with Crippen molar-refractivity contribution in [3.8, 4) is 17.6 Å². The van der Waals surface area contributed by atoms with Gasteiger partial charge in [0.1, 0.15) is 6.61 Å². The highest BCUT2D eigenvalue weighted by Gasteiger charge is 2.04. The molecule has 4 nitrogen and oxygen atoms in total. The van der Waals surface area contributed by atoms with E-state index in [9.17, 15) is 0 Å². The minimum atomic E-state index is -0.0695. The molecular formula is C10H11NO3. The summed E-state index contributed by atoms with van der Waals surface area (Å²) in [6.45, 7) is 0.116. The molecule has 0 saturated carbocycles. The maximum Gasteiger partial charge on any atom is 0.162 e. The Balaban J connectivity index is 2.91. The van der Waals surface area contributed by atoms with Gasteiger partial charge in [0.25, 0.3) is 0 Å². The largest absolute Gasteiger partial charge is 0.493 e. The molecule has 0 amide bonds. The number of nitrogens with zero attached hydrogens (tertiary/aromatic N) is 1. The number of hydrogen-bond acceptors (Lipinski definition) is 4. The summed E-state index contributed by atoms with van der Waals surface area (Å²) in [5, 5.41) is 17.2. The van der Waals surface area contributed by atoms with E-state index in [0.717, 1.165) is 0 Å². The van der Waals surface area contributed by atoms with Crippen molar-refractivity contribution in [3.63, 3.8) is 0 Å². The van der Waals surface area contributed by atoms with Crippen LogP contribution in [0.4, 0.5) is 0 Å². The first-order valence-electron chi connectivity index (χ1n) is 4.13. The van der Waals surface area contributed by atoms with Gasteiger partial charge in [-0.1, -0.05) is 0 Å². The van der Waals surface area contributed by atoms with Crippen molar-refractivity contribution >= 4 is 0 Å². The first kappa shape index (κ1) is 10.4. The summed E-state index contributed by atoms with van der Waals surface area (Å²) in [4.78, 5) is 0. The molecule has 1 aromatic rings. The minimum Gasteiger partial charge on any atom is -0.493 e. The highest BCUT2D eigenvalue weighted by molar-refractivity contribution is 5.46. The Kier molecular flexibility index (Phi) is 3.77. The smallest absolute Gasteiger partial charge is 0.162 e. The average Bonchev–Trinajstić information content (AvgIpc) is 2.25. The number of rotatable bonds is 4. The third kappa shape index (κ3) is 2.38. The van der Waals surface area contributed by atoms with Crippen molar-refractivity contribution in [1.82, 2.24) is 0 Å². The monoisotopic (exact) mass is 193 g/mol. The van der Waals surface area contributed by atoms with Crippen LogP contribution in [0.3, 0.4) is 0 Å². The molecule has 0 unspecified atom stereocenters. The number of nitriles is 1. The summed E-state index contributed by atoms with van der Waals surface area (Å²) in [6.07, 6.45) is 0. The second-order valence-electron chi connectivity index (χ2n) is 2.55. The SMILES string of the molecule is COc1ccc(C#N)cc1OCCO. The van der Waals surface area contributed by atoms with Crippen LogP contribution in [0.2, 0.25) is 0 Å². The van der Waals surface area contributed by atoms with Crippen molar-refractivity contribution in [1.29, 1.82) is 5.26 Å². The predicted molar refractivity (Wildman–Crippen MR) is 50.3 cm³/mol. The van der Waals surface area contributed by atoms with Gasteiger partial charge in [0, 0.05) is 6.07 Å². The van der Waals surface area contributed by atoms with Gasteiger partial charge in [0.05, 0.1) is 25.3 Å². The second-order valence-corrected chi connectivity index (χ2v) is 2.55. The second kappa shape index (κ2) is 5.10. The lowest BCUT2D eigenvalue weighted by molar-refractivity contribution is 0.196. The third-order valence-electron chi connectivity index (χ3n) is 1.64. The number of hydrogen-bond donors (Lipinski definition) is 1. The van der Waals surface area contributed by atoms with Crippen LogP contribution < -0.4 is 9.47 Å². The molecule has 0 aliphatic carbocycles. The Labute approximate surface area is 82.3 Å². The molecule has 0 aliphatic heterocycles. The lowest BCUT2D eigenvalue weighted by Gasteiger charge is -2.09. The molecule has 4 heteroatoms. The lowest BCUT2D eigenvalue weighted by atomic mass is 10.2. The van der Waals surface area contributed by atoms with Gasteiger partial charge < -0.3 is 14.6 Å². The van der Waals surface area contributed by atoms with Crippen LogP contribution in [0.25, 0.3) is 0 Å². The van der Waals surface area contributed by atoms with Crippen LogP contribution in [0, 0.1) is 11.3 Å². The summed E-state index contributed by atoms with van der Waals surface area (Å²) in [6, 6.07) is 6.88. The zero-order chi connectivity index (χ0) is 10.4. The molecule has 1 rings (SSSR count). The molecule has 0 spiro atoms. The Morgan fingerprint density at radius 3 is 2.79 bits per heavy atom. The third-order valence-corrected chi connectivity index (χ3v) is 1.64. The highest BCUT2D eigenvalue weighted by atomic mass is 16.5. The number of aliphatic hydroxyl groups is 1. The van der Waals surface area contributed by atoms with E-state index in [2.05, 4.69) is 0 Å². The van der Waals surface area contributed by atoms with Crippen molar-refractivity contribution in [2.75, 3.05) is 20.3 Å². The Bertz CT molecular complexity index is 344. The molecule has 0 atom stereocenters. The molecule has 0 fully saturated rings. The molecular weight excluding hydrogens is 182 g/mol. The van der Waals surface area contributed by atoms with Gasteiger partial charge in [-0.05, 0) is 12.1 Å². The van der Waals surface area contributed by atoms with Gasteiger partial charge in [0.2, 0.25) is 0 Å². The molecule has 0 radical (unpaired) electrons. The fourth-order valence-corrected chi connectivity index (χ4v) is 1.01. The van der Waals surface area contributed by atoms with Gasteiger partial charge in [-0.15, -0.1) is 0 Å². The lowest BCUT2D eigenvalue weighted by Crippen LogP contribution is -2.03. The molecule has 0 bridgehead atoms. The topological polar surface area (TPSA) is 62.5 Å². The predicted octanol–water partition coefficient (Wildman–Crippen LogP) is 0.938. The summed E-state index contributed by atoms with van der Waals surface area (Å²) < 4.78 is 10.2. The van der Waals surface area contributed by atoms with Gasteiger partial charge in [-0.2, -0.15) is 5.26 Å². The van der Waals surface area contributed by atoms with E-state index in [4.69, 9.17) is 19.8 Å². The molecule has 1 N–H and O–H groups in total. The molecule has 0 aliphatic rings. The van der Waals surface area contributed by atoms with E-state index in [1.807, 2.05) is 6.07 Å². The van der Waals surface area contributed by atoms with Crippen LogP contribution in [0.15, 0.2) is 18.2 Å². The number of aliphatic hydroxyl groups excluding tert-OH is 1. The Morgan fingerprint density at radius 1 is 1.43 bits per heavy atom. The van der Waals surface area contributed by atoms with Crippen molar-refractivity contribution in [3.05, 3.63) is 23.8 Å². The Hall–Kier alpha value is -1.73. The molecule has 1 aromatic carbocycles. The first-order valence-corrected chi connectivity index (χ1v) is 4.13. The van der Waals surface area contributed by atoms with E-state index in [0.29, 0.717) is 17.1 Å². The van der Waals surface area contributed by atoms with Crippen LogP contribution >= 0.6 is 0 Å². The molecule has 74 valence electrons. The van der Waals surface area contributed by atoms with Crippen molar-refractivity contribution < 1.29 is 14.6 Å². The first-order chi connectivity index (χ1) is 6.81. The quantitative estimate of drug-likeness (QED) is 0.772. The summed E-state index contributed by atoms with van der Waals surface area (Å²) >= 11 is 0. The maximum atomic E-state index is 8.66. The summed E-state index contributed by atoms with van der Waals surface area (Å²) in [5.41, 5.74) is 0.499. The number of methoxy groups -OCH3 is 1. The van der Waals surface area contributed by atoms with Crippen LogP contribution in [0.5, 0.6) is 11.5 Å². The molecule has 0 saturated heterocycles. The summed E-state index contributed by atoms with van der Waals surface area (Å²) in [5.74, 6) is 1.03. The van der Waals surface area contributed by atoms with Crippen LogP contribution in [-0.4, -0.2) is 25.4 Å². The van der Waals surface area contributed by atoms with E-state index < -0.39 is 0 Å². The van der Waals surface area contributed by atoms with Gasteiger partial charge >= 0.3 is 0 Å². The van der Waals surface area contributed by atoms with Gasteiger partial charge in [-0.25, -0.2) is 0 Å². The number of benzene rings is 1. The Morgan fingerprint density at radius 2 is 2.21 bits per heavy atom. The van der Waals surface area contributed by atoms with E-state index >= 15 is 0 Å². The minimum absolute atomic E-state index is 0.0695. The van der Waals surface area contributed by atoms with Crippen LogP contribution in [-0.2, 0) is 0 Å². The maximum absolute atomic E-state index is 8.66. The highest BCUT2D eigenvalue weighted by Crippen LogP contribution is 2.27. The van der Waals surface area contributed by atoms with Gasteiger partial charge in [-0.3, -0.25) is 0 Å². The standard InChI is InChI=1S/C10H11NO3/c1-13-9-3-2-8(7-11)6-10(9)14-5-4-12/h2-3,6,12H,4-5H2,1H3. The molecule has 0 heterocycles. The molecule has 14 heavy (non-hydrogen) atoms. The van der Waals surface area contributed by atoms with E-state index in [1.165, 1.54) is 7.11 Å². The zero-order valence-electron chi connectivity index (χ0n) is 7.86. The van der Waals surface area contributed by atoms with Gasteiger partial charge in [0.15, 0.2) is 11.5 Å². The van der Waals surface area contributed by atoms with Crippen molar-refractivity contribution in [2.45, 2.75) is 0 Å². The average molecular weight is 193 g/mol. The van der Waals surface area contributed by atoms with E-state index in [1.54, 1.807) is 18.2 Å².